The molecule has 2 heterocycles. The molecule has 4 nitrogen and oxygen atoms in total. The van der Waals surface area contributed by atoms with E-state index in [9.17, 15) is 9.18 Å². The standard InChI is InChI=1S/C18H19FN2O2/c1-12-15(6-3-9-23-12)18(22)21-17-11-20-8-7-16(17)13-4-2-5-14(19)10-13/h2,4-5,7-8,10-12,15H,3,6,9H2,1H3,(H,21,22). The number of carbonyl (C=O) groups is 1. The van der Waals surface area contributed by atoms with Gasteiger partial charge in [-0.25, -0.2) is 4.39 Å². The Balaban J connectivity index is 1.85. The SMILES string of the molecule is CC1OCCCC1C(=O)Nc1cnccc1-c1cccc(F)c1. The maximum atomic E-state index is 13.5. The third-order valence-corrected chi connectivity index (χ3v) is 4.16. The first-order valence-electron chi connectivity index (χ1n) is 7.77. The number of carbonyl (C=O) groups excluding carboxylic acids is 1. The van der Waals surface area contributed by atoms with Crippen LogP contribution in [0.4, 0.5) is 10.1 Å². The van der Waals surface area contributed by atoms with E-state index < -0.39 is 0 Å². The first-order valence-corrected chi connectivity index (χ1v) is 7.77. The zero-order valence-electron chi connectivity index (χ0n) is 13.0. The first kappa shape index (κ1) is 15.6. The van der Waals surface area contributed by atoms with Gasteiger partial charge in [-0.05, 0) is 43.5 Å². The molecule has 1 aliphatic rings. The Labute approximate surface area is 134 Å². The van der Waals surface area contributed by atoms with Crippen LogP contribution in [0.15, 0.2) is 42.7 Å². The second-order valence-corrected chi connectivity index (χ2v) is 5.75. The largest absolute Gasteiger partial charge is 0.378 e. The van der Waals surface area contributed by atoms with Crippen molar-refractivity contribution in [2.24, 2.45) is 5.92 Å². The van der Waals surface area contributed by atoms with Gasteiger partial charge in [-0.1, -0.05) is 12.1 Å². The van der Waals surface area contributed by atoms with E-state index in [1.54, 1.807) is 30.6 Å². The van der Waals surface area contributed by atoms with Crippen LogP contribution in [-0.4, -0.2) is 23.6 Å². The smallest absolute Gasteiger partial charge is 0.230 e. The first-order chi connectivity index (χ1) is 11.1. The van der Waals surface area contributed by atoms with Crippen LogP contribution < -0.4 is 5.32 Å². The Kier molecular flexibility index (Phi) is 4.67. The minimum atomic E-state index is -0.314. The van der Waals surface area contributed by atoms with Gasteiger partial charge in [0.25, 0.3) is 0 Å². The Bertz CT molecular complexity index is 705. The highest BCUT2D eigenvalue weighted by molar-refractivity contribution is 5.96. The van der Waals surface area contributed by atoms with E-state index in [4.69, 9.17) is 4.74 Å². The van der Waals surface area contributed by atoms with E-state index in [1.165, 1.54) is 12.1 Å². The zero-order valence-corrected chi connectivity index (χ0v) is 13.0. The summed E-state index contributed by atoms with van der Waals surface area (Å²) in [7, 11) is 0. The molecule has 2 atom stereocenters. The van der Waals surface area contributed by atoms with Gasteiger partial charge in [-0.2, -0.15) is 0 Å². The minimum absolute atomic E-state index is 0.0807. The molecule has 0 bridgehead atoms. The normalized spacial score (nSPS) is 21.0. The van der Waals surface area contributed by atoms with E-state index in [-0.39, 0.29) is 23.7 Å². The van der Waals surface area contributed by atoms with Crippen molar-refractivity contribution in [1.82, 2.24) is 4.98 Å². The van der Waals surface area contributed by atoms with Gasteiger partial charge in [0.15, 0.2) is 0 Å². The van der Waals surface area contributed by atoms with Crippen LogP contribution >= 0.6 is 0 Å². The number of ether oxygens (including phenoxy) is 1. The number of rotatable bonds is 3. The van der Waals surface area contributed by atoms with Crippen LogP contribution in [0.5, 0.6) is 0 Å². The van der Waals surface area contributed by atoms with Crippen LogP contribution in [0.25, 0.3) is 11.1 Å². The molecule has 0 spiro atoms. The van der Waals surface area contributed by atoms with E-state index in [0.29, 0.717) is 17.9 Å². The summed E-state index contributed by atoms with van der Waals surface area (Å²) in [4.78, 5) is 16.6. The van der Waals surface area contributed by atoms with Gasteiger partial charge in [0.05, 0.1) is 23.9 Å². The predicted molar refractivity (Wildman–Crippen MR) is 86.4 cm³/mol. The molecule has 1 fully saturated rings. The van der Waals surface area contributed by atoms with Crippen LogP contribution in [-0.2, 0) is 9.53 Å². The average molecular weight is 314 g/mol. The molecule has 1 aromatic carbocycles. The second-order valence-electron chi connectivity index (χ2n) is 5.75. The molecule has 2 unspecified atom stereocenters. The van der Waals surface area contributed by atoms with Gasteiger partial charge in [-0.15, -0.1) is 0 Å². The van der Waals surface area contributed by atoms with Crippen molar-refractivity contribution in [3.63, 3.8) is 0 Å². The minimum Gasteiger partial charge on any atom is -0.378 e. The monoisotopic (exact) mass is 314 g/mol. The number of pyridine rings is 1. The van der Waals surface area contributed by atoms with Crippen molar-refractivity contribution in [2.75, 3.05) is 11.9 Å². The summed E-state index contributed by atoms with van der Waals surface area (Å²) in [6.45, 7) is 2.62. The van der Waals surface area contributed by atoms with Gasteiger partial charge in [0.1, 0.15) is 5.82 Å². The van der Waals surface area contributed by atoms with Crippen LogP contribution in [0.1, 0.15) is 19.8 Å². The molecule has 2 aromatic rings. The van der Waals surface area contributed by atoms with E-state index in [2.05, 4.69) is 10.3 Å². The topological polar surface area (TPSA) is 51.2 Å². The summed E-state index contributed by atoms with van der Waals surface area (Å²) in [6, 6.07) is 8.06. The molecule has 0 saturated carbocycles. The molecule has 3 rings (SSSR count). The van der Waals surface area contributed by atoms with Gasteiger partial charge >= 0.3 is 0 Å². The number of halogens is 1. The number of hydrogen-bond donors (Lipinski definition) is 1. The molecule has 0 radical (unpaired) electrons. The highest BCUT2D eigenvalue weighted by atomic mass is 19.1. The molecular weight excluding hydrogens is 295 g/mol. The summed E-state index contributed by atoms with van der Waals surface area (Å²) in [5, 5.41) is 2.92. The quantitative estimate of drug-likeness (QED) is 0.941. The van der Waals surface area contributed by atoms with Crippen molar-refractivity contribution in [3.8, 4) is 11.1 Å². The lowest BCUT2D eigenvalue weighted by molar-refractivity contribution is -0.127. The van der Waals surface area contributed by atoms with Gasteiger partial charge in [0.2, 0.25) is 5.91 Å². The van der Waals surface area contributed by atoms with Crippen LogP contribution in [0.3, 0.4) is 0 Å². The molecule has 0 aliphatic carbocycles. The van der Waals surface area contributed by atoms with E-state index in [1.807, 2.05) is 6.92 Å². The lowest BCUT2D eigenvalue weighted by Crippen LogP contribution is -2.36. The highest BCUT2D eigenvalue weighted by Gasteiger charge is 2.29. The lowest BCUT2D eigenvalue weighted by Gasteiger charge is -2.28. The average Bonchev–Trinajstić information content (AvgIpc) is 2.55. The fourth-order valence-corrected chi connectivity index (χ4v) is 2.89. The van der Waals surface area contributed by atoms with Crippen molar-refractivity contribution in [2.45, 2.75) is 25.9 Å². The summed E-state index contributed by atoms with van der Waals surface area (Å²) >= 11 is 0. The van der Waals surface area contributed by atoms with Crippen LogP contribution in [0.2, 0.25) is 0 Å². The van der Waals surface area contributed by atoms with Crippen molar-refractivity contribution in [1.29, 1.82) is 0 Å². The molecule has 23 heavy (non-hydrogen) atoms. The molecule has 120 valence electrons. The summed E-state index contributed by atoms with van der Waals surface area (Å²) < 4.78 is 19.0. The molecule has 1 amide bonds. The Morgan fingerprint density at radius 2 is 2.26 bits per heavy atom. The third kappa shape index (κ3) is 3.56. The summed E-state index contributed by atoms with van der Waals surface area (Å²) in [6.07, 6.45) is 4.81. The number of hydrogen-bond acceptors (Lipinski definition) is 3. The van der Waals surface area contributed by atoms with Crippen molar-refractivity contribution < 1.29 is 13.9 Å². The summed E-state index contributed by atoms with van der Waals surface area (Å²) in [5.74, 6) is -0.571. The third-order valence-electron chi connectivity index (χ3n) is 4.16. The van der Waals surface area contributed by atoms with Crippen molar-refractivity contribution in [3.05, 3.63) is 48.5 Å². The Morgan fingerprint density at radius 1 is 1.39 bits per heavy atom. The fourth-order valence-electron chi connectivity index (χ4n) is 2.89. The van der Waals surface area contributed by atoms with Gasteiger partial charge < -0.3 is 10.1 Å². The second kappa shape index (κ2) is 6.87. The molecule has 1 N–H and O–H groups in total. The van der Waals surface area contributed by atoms with Crippen LogP contribution in [0, 0.1) is 11.7 Å². The number of anilines is 1. The van der Waals surface area contributed by atoms with Gasteiger partial charge in [-0.3, -0.25) is 9.78 Å². The number of aromatic nitrogens is 1. The Morgan fingerprint density at radius 3 is 3.04 bits per heavy atom. The fraction of sp³-hybridized carbons (Fsp3) is 0.333. The maximum Gasteiger partial charge on any atom is 0.230 e. The summed E-state index contributed by atoms with van der Waals surface area (Å²) in [5.41, 5.74) is 2.04. The predicted octanol–water partition coefficient (Wildman–Crippen LogP) is 3.64. The zero-order chi connectivity index (χ0) is 16.2. The molecular formula is C18H19FN2O2. The highest BCUT2D eigenvalue weighted by Crippen LogP contribution is 2.29. The maximum absolute atomic E-state index is 13.5. The number of nitrogens with one attached hydrogen (secondary N) is 1. The Hall–Kier alpha value is -2.27. The van der Waals surface area contributed by atoms with Gasteiger partial charge in [0, 0.05) is 18.4 Å². The number of amides is 1. The van der Waals surface area contributed by atoms with E-state index in [0.717, 1.165) is 18.4 Å². The molecule has 5 heteroatoms. The van der Waals surface area contributed by atoms with E-state index >= 15 is 0 Å². The van der Waals surface area contributed by atoms with Crippen molar-refractivity contribution >= 4 is 11.6 Å². The lowest BCUT2D eigenvalue weighted by atomic mass is 9.94. The number of benzene rings is 1. The molecule has 1 aromatic heterocycles. The molecule has 1 saturated heterocycles. The number of nitrogens with zero attached hydrogens (tertiary/aromatic N) is 1. The molecule has 1 aliphatic heterocycles.